The molecule has 0 bridgehead atoms. The number of hydrogen-bond acceptors (Lipinski definition) is 4. The Kier molecular flexibility index (Phi) is 4.78. The zero-order valence-corrected chi connectivity index (χ0v) is 8.02. The van der Waals surface area contributed by atoms with Crippen molar-refractivity contribution in [1.82, 2.24) is 5.32 Å². The van der Waals surface area contributed by atoms with E-state index in [-0.39, 0.29) is 0 Å². The smallest absolute Gasteiger partial charge is 0.372 e. The molecule has 1 fully saturated rings. The first kappa shape index (κ1) is 13.6. The van der Waals surface area contributed by atoms with Crippen molar-refractivity contribution in [3.63, 3.8) is 0 Å². The predicted molar refractivity (Wildman–Crippen MR) is 41.3 cm³/mol. The van der Waals surface area contributed by atoms with Crippen LogP contribution in [-0.4, -0.2) is 44.8 Å². The summed E-state index contributed by atoms with van der Waals surface area (Å²) in [6.07, 6.45) is 0.537. The van der Waals surface area contributed by atoms with Crippen molar-refractivity contribution < 1.29 is 30.9 Å². The second-order valence-electron chi connectivity index (χ2n) is 2.43. The number of alkyl halides is 3. The van der Waals surface area contributed by atoms with E-state index < -0.39 is 15.6 Å². The molecule has 14 heavy (non-hydrogen) atoms. The highest BCUT2D eigenvalue weighted by atomic mass is 32.2. The summed E-state index contributed by atoms with van der Waals surface area (Å²) in [5.74, 6) is 0. The van der Waals surface area contributed by atoms with E-state index >= 15 is 0 Å². The van der Waals surface area contributed by atoms with Crippen molar-refractivity contribution in [1.29, 1.82) is 0 Å². The van der Waals surface area contributed by atoms with Gasteiger partial charge in [0.25, 0.3) is 0 Å². The van der Waals surface area contributed by atoms with Gasteiger partial charge in [-0.15, -0.1) is 0 Å². The van der Waals surface area contributed by atoms with Crippen LogP contribution in [0.15, 0.2) is 0 Å². The maximum absolute atomic E-state index is 10.7. The Hall–Kier alpha value is -0.380. The molecule has 5 nitrogen and oxygen atoms in total. The largest absolute Gasteiger partial charge is 0.522 e. The van der Waals surface area contributed by atoms with Crippen LogP contribution in [0, 0.1) is 0 Å². The fourth-order valence-electron chi connectivity index (χ4n) is 0.414. The van der Waals surface area contributed by atoms with E-state index in [1.807, 2.05) is 7.05 Å². The van der Waals surface area contributed by atoms with Gasteiger partial charge in [0.05, 0.1) is 12.7 Å². The molecule has 9 heteroatoms. The lowest BCUT2D eigenvalue weighted by atomic mass is 10.5. The highest BCUT2D eigenvalue weighted by molar-refractivity contribution is 7.86. The average Bonchev–Trinajstić information content (AvgIpc) is 2.68. The lowest BCUT2D eigenvalue weighted by Gasteiger charge is -1.97. The summed E-state index contributed by atoms with van der Waals surface area (Å²) in [5, 5.41) is 3.00. The van der Waals surface area contributed by atoms with Crippen LogP contribution in [0.3, 0.4) is 0 Å². The monoisotopic (exact) mass is 237 g/mol. The third-order valence-corrected chi connectivity index (χ3v) is 1.71. The first-order valence-corrected chi connectivity index (χ1v) is 4.92. The van der Waals surface area contributed by atoms with E-state index in [9.17, 15) is 13.2 Å². The van der Waals surface area contributed by atoms with Crippen LogP contribution in [-0.2, 0) is 14.9 Å². The third kappa shape index (κ3) is 6.13. The maximum atomic E-state index is 10.7. The normalized spacial score (nSPS) is 21.1. The standard InChI is InChI=1S/C4H9NO.CHF3O3S/c1-5-2-4-3-6-4;2-1(3,4)8(5,6)7/h4-5H,2-3H2,1H3;(H,5,6,7). The minimum Gasteiger partial charge on any atom is -0.372 e. The molecule has 1 aliphatic rings. The van der Waals surface area contributed by atoms with Crippen LogP contribution < -0.4 is 5.32 Å². The summed E-state index contributed by atoms with van der Waals surface area (Å²) in [4.78, 5) is 0. The van der Waals surface area contributed by atoms with Crippen LogP contribution in [0.2, 0.25) is 0 Å². The van der Waals surface area contributed by atoms with Crippen molar-refractivity contribution >= 4 is 10.1 Å². The molecule has 0 saturated carbocycles. The highest BCUT2D eigenvalue weighted by Gasteiger charge is 2.44. The molecule has 1 unspecified atom stereocenters. The number of likely N-dealkylation sites (N-methyl/N-ethyl adjacent to an activating group) is 1. The van der Waals surface area contributed by atoms with E-state index in [1.54, 1.807) is 0 Å². The third-order valence-electron chi connectivity index (χ3n) is 1.13. The Morgan fingerprint density at radius 2 is 1.93 bits per heavy atom. The molecule has 0 aromatic heterocycles. The van der Waals surface area contributed by atoms with Crippen LogP contribution in [0.4, 0.5) is 13.2 Å². The van der Waals surface area contributed by atoms with Gasteiger partial charge in [-0.25, -0.2) is 0 Å². The van der Waals surface area contributed by atoms with Crippen molar-refractivity contribution in [2.24, 2.45) is 0 Å². The highest BCUT2D eigenvalue weighted by Crippen LogP contribution is 2.20. The molecular weight excluding hydrogens is 227 g/mol. The number of hydrogen-bond donors (Lipinski definition) is 2. The topological polar surface area (TPSA) is 78.9 Å². The van der Waals surface area contributed by atoms with Crippen LogP contribution in [0.25, 0.3) is 0 Å². The van der Waals surface area contributed by atoms with Crippen LogP contribution in [0.5, 0.6) is 0 Å². The minimum absolute atomic E-state index is 0.537. The Morgan fingerprint density at radius 3 is 2.00 bits per heavy atom. The fraction of sp³-hybridized carbons (Fsp3) is 1.00. The number of nitrogens with one attached hydrogen (secondary N) is 1. The van der Waals surface area contributed by atoms with E-state index in [2.05, 4.69) is 5.32 Å². The molecule has 0 amide bonds. The molecule has 0 aromatic carbocycles. The molecule has 0 radical (unpaired) electrons. The Morgan fingerprint density at radius 1 is 1.57 bits per heavy atom. The molecule has 1 saturated heterocycles. The molecule has 1 heterocycles. The molecule has 2 N–H and O–H groups in total. The summed E-state index contributed by atoms with van der Waals surface area (Å²) in [5.41, 5.74) is -5.53. The van der Waals surface area contributed by atoms with Gasteiger partial charge in [-0.05, 0) is 7.05 Å². The molecule has 86 valence electrons. The Balaban J connectivity index is 0.000000249. The Labute approximate surface area is 79.0 Å². The molecule has 0 spiro atoms. The van der Waals surface area contributed by atoms with Gasteiger partial charge < -0.3 is 10.1 Å². The summed E-state index contributed by atoms with van der Waals surface area (Å²) >= 11 is 0. The first-order valence-electron chi connectivity index (χ1n) is 3.48. The van der Waals surface area contributed by atoms with Crippen molar-refractivity contribution in [2.45, 2.75) is 11.6 Å². The zero-order chi connectivity index (χ0) is 11.4. The van der Waals surface area contributed by atoms with Crippen molar-refractivity contribution in [2.75, 3.05) is 20.2 Å². The lowest BCUT2D eigenvalue weighted by molar-refractivity contribution is -0.0510. The number of rotatable bonds is 2. The average molecular weight is 237 g/mol. The molecule has 1 rings (SSSR count). The minimum atomic E-state index is -5.84. The van der Waals surface area contributed by atoms with Gasteiger partial charge in [0.2, 0.25) is 0 Å². The van der Waals surface area contributed by atoms with Gasteiger partial charge in [0.15, 0.2) is 0 Å². The summed E-state index contributed by atoms with van der Waals surface area (Å²) in [6, 6.07) is 0. The van der Waals surface area contributed by atoms with Crippen LogP contribution in [0.1, 0.15) is 0 Å². The van der Waals surface area contributed by atoms with Gasteiger partial charge >= 0.3 is 15.6 Å². The number of epoxide rings is 1. The lowest BCUT2D eigenvalue weighted by Crippen LogP contribution is -2.21. The summed E-state index contributed by atoms with van der Waals surface area (Å²) in [7, 11) is -3.91. The van der Waals surface area contributed by atoms with Crippen molar-refractivity contribution in [3.8, 4) is 0 Å². The van der Waals surface area contributed by atoms with Gasteiger partial charge in [-0.3, -0.25) is 4.55 Å². The number of ether oxygens (including phenoxy) is 1. The maximum Gasteiger partial charge on any atom is 0.522 e. The quantitative estimate of drug-likeness (QED) is 0.401. The van der Waals surface area contributed by atoms with Gasteiger partial charge in [0.1, 0.15) is 0 Å². The van der Waals surface area contributed by atoms with Gasteiger partial charge in [-0.2, -0.15) is 21.6 Å². The van der Waals surface area contributed by atoms with Gasteiger partial charge in [0, 0.05) is 6.54 Å². The molecule has 1 atom stereocenters. The predicted octanol–water partition coefficient (Wildman–Crippen LogP) is -0.00140. The molecular formula is C5H10F3NO4S. The van der Waals surface area contributed by atoms with E-state index in [0.29, 0.717) is 6.10 Å². The number of halogens is 3. The molecule has 0 aliphatic carbocycles. The van der Waals surface area contributed by atoms with E-state index in [4.69, 9.17) is 17.7 Å². The zero-order valence-electron chi connectivity index (χ0n) is 7.21. The van der Waals surface area contributed by atoms with E-state index in [1.165, 1.54) is 0 Å². The molecule has 1 aliphatic heterocycles. The van der Waals surface area contributed by atoms with E-state index in [0.717, 1.165) is 13.2 Å². The SMILES string of the molecule is CNCC1CO1.O=S(=O)(O)C(F)(F)F. The first-order chi connectivity index (χ1) is 6.18. The van der Waals surface area contributed by atoms with Gasteiger partial charge in [-0.1, -0.05) is 0 Å². The summed E-state index contributed by atoms with van der Waals surface area (Å²) in [6.45, 7) is 1.97. The van der Waals surface area contributed by atoms with Crippen molar-refractivity contribution in [3.05, 3.63) is 0 Å². The second-order valence-corrected chi connectivity index (χ2v) is 3.85. The summed E-state index contributed by atoms with van der Waals surface area (Å²) < 4.78 is 62.4. The van der Waals surface area contributed by atoms with Crippen LogP contribution >= 0.6 is 0 Å². The molecule has 0 aromatic rings. The Bertz CT molecular complexity index is 259. The fourth-order valence-corrected chi connectivity index (χ4v) is 0.414. The second kappa shape index (κ2) is 4.91.